The SMILES string of the molecule is O=C(Nc1ccc2c3c(cccc13)C(=O)N2Cc1ccccc1)C1CCCN1S(=O)(=O)c1cccs1. The first-order chi connectivity index (χ1) is 17.4. The summed E-state index contributed by atoms with van der Waals surface area (Å²) < 4.78 is 27.8. The molecule has 0 bridgehead atoms. The number of carbonyl (C=O) groups is 2. The fraction of sp³-hybridized carbons (Fsp3) is 0.185. The molecule has 1 N–H and O–H groups in total. The number of nitrogens with one attached hydrogen (secondary N) is 1. The summed E-state index contributed by atoms with van der Waals surface area (Å²) in [5.41, 5.74) is 2.99. The molecule has 6 rings (SSSR count). The Morgan fingerprint density at radius 3 is 2.61 bits per heavy atom. The van der Waals surface area contributed by atoms with E-state index in [0.29, 0.717) is 37.2 Å². The smallest absolute Gasteiger partial charge is 0.259 e. The van der Waals surface area contributed by atoms with Crippen molar-refractivity contribution in [3.05, 3.63) is 89.3 Å². The fourth-order valence-corrected chi connectivity index (χ4v) is 7.89. The molecule has 1 atom stereocenters. The van der Waals surface area contributed by atoms with Gasteiger partial charge in [0.25, 0.3) is 15.9 Å². The number of amides is 2. The van der Waals surface area contributed by atoms with E-state index in [1.165, 1.54) is 4.31 Å². The minimum atomic E-state index is -3.73. The van der Waals surface area contributed by atoms with E-state index >= 15 is 0 Å². The van der Waals surface area contributed by atoms with Crippen LogP contribution in [-0.2, 0) is 21.4 Å². The van der Waals surface area contributed by atoms with Gasteiger partial charge in [-0.15, -0.1) is 11.3 Å². The number of carbonyl (C=O) groups excluding carboxylic acids is 2. The Balaban J connectivity index is 1.31. The zero-order valence-electron chi connectivity index (χ0n) is 19.3. The van der Waals surface area contributed by atoms with Gasteiger partial charge >= 0.3 is 0 Å². The van der Waals surface area contributed by atoms with Crippen molar-refractivity contribution in [1.29, 1.82) is 0 Å². The summed E-state index contributed by atoms with van der Waals surface area (Å²) in [6.07, 6.45) is 1.08. The Bertz CT molecular complexity index is 1580. The van der Waals surface area contributed by atoms with Crippen LogP contribution in [0.2, 0.25) is 0 Å². The second-order valence-electron chi connectivity index (χ2n) is 8.93. The van der Waals surface area contributed by atoms with E-state index in [2.05, 4.69) is 5.32 Å². The molecule has 1 saturated heterocycles. The number of benzene rings is 3. The molecular formula is C27H23N3O4S2. The lowest BCUT2D eigenvalue weighted by atomic mass is 10.0. The normalized spacial score (nSPS) is 17.7. The molecule has 36 heavy (non-hydrogen) atoms. The molecular weight excluding hydrogens is 494 g/mol. The zero-order valence-corrected chi connectivity index (χ0v) is 20.9. The second kappa shape index (κ2) is 8.85. The van der Waals surface area contributed by atoms with Crippen molar-refractivity contribution in [3.8, 4) is 0 Å². The topological polar surface area (TPSA) is 86.8 Å². The Morgan fingerprint density at radius 1 is 1.00 bits per heavy atom. The molecule has 1 aromatic heterocycles. The van der Waals surface area contributed by atoms with Crippen molar-refractivity contribution < 1.29 is 18.0 Å². The van der Waals surface area contributed by atoms with Crippen molar-refractivity contribution in [2.24, 2.45) is 0 Å². The highest BCUT2D eigenvalue weighted by molar-refractivity contribution is 7.91. The van der Waals surface area contributed by atoms with Crippen LogP contribution in [0.4, 0.5) is 11.4 Å². The maximum atomic E-state index is 13.3. The van der Waals surface area contributed by atoms with Gasteiger partial charge in [-0.1, -0.05) is 48.5 Å². The van der Waals surface area contributed by atoms with Gasteiger partial charge in [0, 0.05) is 28.6 Å². The minimum Gasteiger partial charge on any atom is -0.324 e. The van der Waals surface area contributed by atoms with Crippen LogP contribution in [0.3, 0.4) is 0 Å². The van der Waals surface area contributed by atoms with Gasteiger partial charge in [0.05, 0.1) is 12.2 Å². The highest BCUT2D eigenvalue weighted by Crippen LogP contribution is 2.41. The molecule has 3 heterocycles. The third-order valence-corrected chi connectivity index (χ3v) is 10.1. The largest absolute Gasteiger partial charge is 0.324 e. The third kappa shape index (κ3) is 3.71. The summed E-state index contributed by atoms with van der Waals surface area (Å²) in [7, 11) is -3.73. The molecule has 0 aliphatic carbocycles. The van der Waals surface area contributed by atoms with Crippen LogP contribution < -0.4 is 10.2 Å². The second-order valence-corrected chi connectivity index (χ2v) is 12.0. The summed E-state index contributed by atoms with van der Waals surface area (Å²) in [5, 5.41) is 6.23. The van der Waals surface area contributed by atoms with Crippen LogP contribution in [0.25, 0.3) is 10.8 Å². The number of thiophene rings is 1. The van der Waals surface area contributed by atoms with Crippen LogP contribution in [0.15, 0.2) is 82.4 Å². The molecule has 2 aliphatic heterocycles. The van der Waals surface area contributed by atoms with Gasteiger partial charge in [0.15, 0.2) is 0 Å². The van der Waals surface area contributed by atoms with Crippen molar-refractivity contribution >= 4 is 55.3 Å². The van der Waals surface area contributed by atoms with Crippen LogP contribution in [0, 0.1) is 0 Å². The molecule has 1 unspecified atom stereocenters. The van der Waals surface area contributed by atoms with Crippen LogP contribution in [0.5, 0.6) is 0 Å². The number of sulfonamides is 1. The van der Waals surface area contributed by atoms with E-state index in [1.54, 1.807) is 34.5 Å². The molecule has 3 aromatic carbocycles. The third-order valence-electron chi connectivity index (χ3n) is 6.79. The predicted molar refractivity (Wildman–Crippen MR) is 141 cm³/mol. The Labute approximate surface area is 213 Å². The van der Waals surface area contributed by atoms with E-state index < -0.39 is 16.1 Å². The molecule has 0 radical (unpaired) electrons. The van der Waals surface area contributed by atoms with Gasteiger partial charge in [-0.25, -0.2) is 8.42 Å². The highest BCUT2D eigenvalue weighted by Gasteiger charge is 2.40. The first kappa shape index (κ1) is 22.9. The predicted octanol–water partition coefficient (Wildman–Crippen LogP) is 4.85. The number of hydrogen-bond acceptors (Lipinski definition) is 5. The molecule has 2 amide bonds. The van der Waals surface area contributed by atoms with Crippen molar-refractivity contribution in [2.75, 3.05) is 16.8 Å². The van der Waals surface area contributed by atoms with Crippen molar-refractivity contribution in [2.45, 2.75) is 29.6 Å². The number of rotatable bonds is 6. The lowest BCUT2D eigenvalue weighted by Gasteiger charge is -2.23. The number of hydrogen-bond donors (Lipinski definition) is 1. The van der Waals surface area contributed by atoms with Crippen LogP contribution in [0.1, 0.15) is 28.8 Å². The molecule has 182 valence electrons. The standard InChI is InChI=1S/C27H23N3O4S2/c31-26(23-11-5-15-30(23)36(33,34)24-12-6-16-35-24)28-21-13-14-22-25-19(21)9-4-10-20(25)27(32)29(22)17-18-7-2-1-3-8-18/h1-4,6-10,12-14,16,23H,5,11,15,17H2,(H,28,31). The van der Waals surface area contributed by atoms with E-state index in [4.69, 9.17) is 0 Å². The van der Waals surface area contributed by atoms with E-state index in [9.17, 15) is 18.0 Å². The van der Waals surface area contributed by atoms with Gasteiger partial charge in [0.1, 0.15) is 10.3 Å². The van der Waals surface area contributed by atoms with E-state index in [-0.39, 0.29) is 16.0 Å². The Hall–Kier alpha value is -3.53. The maximum Gasteiger partial charge on any atom is 0.259 e. The fourth-order valence-electron chi connectivity index (χ4n) is 5.11. The lowest BCUT2D eigenvalue weighted by Crippen LogP contribution is -2.42. The number of anilines is 2. The molecule has 1 fully saturated rings. The maximum absolute atomic E-state index is 13.3. The van der Waals surface area contributed by atoms with Crippen LogP contribution in [-0.4, -0.2) is 37.1 Å². The summed E-state index contributed by atoms with van der Waals surface area (Å²) in [6.45, 7) is 0.762. The summed E-state index contributed by atoms with van der Waals surface area (Å²) in [5.74, 6) is -0.439. The Kier molecular flexibility index (Phi) is 5.63. The zero-order chi connectivity index (χ0) is 24.9. The summed E-state index contributed by atoms with van der Waals surface area (Å²) in [4.78, 5) is 28.4. The van der Waals surface area contributed by atoms with Gasteiger partial charge in [-0.3, -0.25) is 9.59 Å². The van der Waals surface area contributed by atoms with Crippen molar-refractivity contribution in [1.82, 2.24) is 4.31 Å². The average molecular weight is 518 g/mol. The molecule has 2 aliphatic rings. The first-order valence-corrected chi connectivity index (χ1v) is 14.0. The molecule has 9 heteroatoms. The minimum absolute atomic E-state index is 0.0769. The molecule has 0 spiro atoms. The summed E-state index contributed by atoms with van der Waals surface area (Å²) >= 11 is 1.15. The molecule has 0 saturated carbocycles. The average Bonchev–Trinajstić information content (AvgIpc) is 3.65. The molecule has 4 aromatic rings. The van der Waals surface area contributed by atoms with Gasteiger partial charge in [-0.2, -0.15) is 4.31 Å². The van der Waals surface area contributed by atoms with Gasteiger partial charge in [-0.05, 0) is 48.1 Å². The first-order valence-electron chi connectivity index (χ1n) is 11.7. The molecule has 7 nitrogen and oxygen atoms in total. The Morgan fingerprint density at radius 2 is 1.83 bits per heavy atom. The summed E-state index contributed by atoms with van der Waals surface area (Å²) in [6, 6.07) is 21.4. The lowest BCUT2D eigenvalue weighted by molar-refractivity contribution is -0.119. The van der Waals surface area contributed by atoms with Crippen LogP contribution >= 0.6 is 11.3 Å². The highest BCUT2D eigenvalue weighted by atomic mass is 32.2. The monoisotopic (exact) mass is 517 g/mol. The van der Waals surface area contributed by atoms with E-state index in [0.717, 1.165) is 33.4 Å². The number of nitrogens with zero attached hydrogens (tertiary/aromatic N) is 2. The van der Waals surface area contributed by atoms with Gasteiger partial charge < -0.3 is 10.2 Å². The van der Waals surface area contributed by atoms with Crippen molar-refractivity contribution in [3.63, 3.8) is 0 Å². The van der Waals surface area contributed by atoms with E-state index in [1.807, 2.05) is 48.5 Å². The quantitative estimate of drug-likeness (QED) is 0.396. The van der Waals surface area contributed by atoms with Gasteiger partial charge in [0.2, 0.25) is 5.91 Å².